The van der Waals surface area contributed by atoms with Crippen LogP contribution in [0.5, 0.6) is 11.5 Å². The van der Waals surface area contributed by atoms with E-state index in [1.165, 1.54) is 30.7 Å². The second-order valence-electron chi connectivity index (χ2n) is 4.54. The number of carbonyl (C=O) groups is 1. The summed E-state index contributed by atoms with van der Waals surface area (Å²) in [5.41, 5.74) is 0. The van der Waals surface area contributed by atoms with Crippen molar-refractivity contribution in [1.29, 1.82) is 0 Å². The van der Waals surface area contributed by atoms with E-state index in [1.54, 1.807) is 12.1 Å². The van der Waals surface area contributed by atoms with Crippen molar-refractivity contribution in [3.63, 3.8) is 0 Å². The topological polar surface area (TPSA) is 46.5 Å². The number of aromatic hydroxyl groups is 1. The predicted octanol–water partition coefficient (Wildman–Crippen LogP) is 4.01. The van der Waals surface area contributed by atoms with Gasteiger partial charge in [-0.05, 0) is 43.5 Å². The largest absolute Gasteiger partial charge is 0.508 e. The number of hydrogen-bond donors (Lipinski definition) is 1. The highest BCUT2D eigenvalue weighted by molar-refractivity contribution is 8.77. The summed E-state index contributed by atoms with van der Waals surface area (Å²) in [5, 5.41) is 9.90. The van der Waals surface area contributed by atoms with Gasteiger partial charge in [-0.15, -0.1) is 0 Å². The lowest BCUT2D eigenvalue weighted by molar-refractivity contribution is -0.134. The number of rotatable bonds is 6. The SMILES string of the molecule is O=C(CCCCC1CCSS1)Oc1ccc(O)cc1. The fourth-order valence-electron chi connectivity index (χ4n) is 1.90. The molecule has 1 aromatic rings. The smallest absolute Gasteiger partial charge is 0.311 e. The Labute approximate surface area is 121 Å². The van der Waals surface area contributed by atoms with Crippen molar-refractivity contribution in [2.75, 3.05) is 5.75 Å². The van der Waals surface area contributed by atoms with Crippen LogP contribution in [0.3, 0.4) is 0 Å². The molecule has 1 aliphatic heterocycles. The lowest BCUT2D eigenvalue weighted by atomic mass is 10.1. The van der Waals surface area contributed by atoms with Gasteiger partial charge in [0.1, 0.15) is 11.5 Å². The number of phenols is 1. The van der Waals surface area contributed by atoms with Crippen molar-refractivity contribution < 1.29 is 14.6 Å². The van der Waals surface area contributed by atoms with Crippen LogP contribution in [0.15, 0.2) is 24.3 Å². The number of carbonyl (C=O) groups excluding carboxylic acids is 1. The van der Waals surface area contributed by atoms with Gasteiger partial charge < -0.3 is 9.84 Å². The molecule has 0 aromatic heterocycles. The number of phenolic OH excluding ortho intramolecular Hbond substituents is 1. The Hall–Kier alpha value is -0.810. The molecule has 0 radical (unpaired) electrons. The maximum atomic E-state index is 11.6. The predicted molar refractivity (Wildman–Crippen MR) is 80.7 cm³/mol. The van der Waals surface area contributed by atoms with Gasteiger partial charge in [-0.2, -0.15) is 0 Å². The molecule has 1 unspecified atom stereocenters. The standard InChI is InChI=1S/C14H18O3S2/c15-11-5-7-12(8-6-11)17-14(16)4-2-1-3-13-9-10-18-19-13/h5-8,13,15H,1-4,9-10H2. The summed E-state index contributed by atoms with van der Waals surface area (Å²) in [7, 11) is 3.94. The molecular formula is C14H18O3S2. The van der Waals surface area contributed by atoms with Crippen LogP contribution in [0.25, 0.3) is 0 Å². The van der Waals surface area contributed by atoms with Crippen molar-refractivity contribution in [2.24, 2.45) is 0 Å². The van der Waals surface area contributed by atoms with E-state index in [1.807, 2.05) is 21.6 Å². The summed E-state index contributed by atoms with van der Waals surface area (Å²) in [6.45, 7) is 0. The molecule has 2 rings (SSSR count). The van der Waals surface area contributed by atoms with Gasteiger partial charge in [0.25, 0.3) is 0 Å². The van der Waals surface area contributed by atoms with Crippen LogP contribution in [-0.2, 0) is 4.79 Å². The normalized spacial score (nSPS) is 18.4. The molecule has 3 nitrogen and oxygen atoms in total. The Balaban J connectivity index is 1.60. The fraction of sp³-hybridized carbons (Fsp3) is 0.500. The summed E-state index contributed by atoms with van der Waals surface area (Å²) in [5.74, 6) is 1.73. The zero-order valence-electron chi connectivity index (χ0n) is 10.7. The molecule has 19 heavy (non-hydrogen) atoms. The Bertz CT molecular complexity index is 400. The summed E-state index contributed by atoms with van der Waals surface area (Å²) in [6.07, 6.45) is 4.93. The van der Waals surface area contributed by atoms with E-state index in [2.05, 4.69) is 0 Å². The van der Waals surface area contributed by atoms with Gasteiger partial charge in [-0.3, -0.25) is 4.79 Å². The molecule has 1 heterocycles. The van der Waals surface area contributed by atoms with Crippen LogP contribution in [0.4, 0.5) is 0 Å². The molecule has 0 saturated carbocycles. The minimum absolute atomic E-state index is 0.173. The Morgan fingerprint density at radius 3 is 2.79 bits per heavy atom. The van der Waals surface area contributed by atoms with Crippen molar-refractivity contribution in [3.8, 4) is 11.5 Å². The van der Waals surface area contributed by atoms with Crippen LogP contribution in [0.2, 0.25) is 0 Å². The second kappa shape index (κ2) is 7.70. The number of unbranched alkanes of at least 4 members (excludes halogenated alkanes) is 1. The van der Waals surface area contributed by atoms with Crippen LogP contribution >= 0.6 is 21.6 Å². The first kappa shape index (κ1) is 14.6. The van der Waals surface area contributed by atoms with Crippen molar-refractivity contribution >= 4 is 27.6 Å². The first-order chi connectivity index (χ1) is 9.24. The van der Waals surface area contributed by atoms with E-state index in [-0.39, 0.29) is 11.7 Å². The van der Waals surface area contributed by atoms with E-state index in [0.717, 1.165) is 18.1 Å². The monoisotopic (exact) mass is 298 g/mol. The number of hydrogen-bond acceptors (Lipinski definition) is 5. The third-order valence-electron chi connectivity index (χ3n) is 2.95. The van der Waals surface area contributed by atoms with Gasteiger partial charge in [-0.1, -0.05) is 28.0 Å². The molecular weight excluding hydrogens is 280 g/mol. The number of esters is 1. The first-order valence-corrected chi connectivity index (χ1v) is 8.90. The maximum Gasteiger partial charge on any atom is 0.311 e. The second-order valence-corrected chi connectivity index (χ2v) is 7.33. The molecule has 1 aromatic carbocycles. The highest BCUT2D eigenvalue weighted by Crippen LogP contribution is 2.39. The van der Waals surface area contributed by atoms with E-state index >= 15 is 0 Å². The first-order valence-electron chi connectivity index (χ1n) is 6.52. The molecule has 1 atom stereocenters. The van der Waals surface area contributed by atoms with Crippen LogP contribution in [0, 0.1) is 0 Å². The quantitative estimate of drug-likeness (QED) is 0.372. The lowest BCUT2D eigenvalue weighted by Gasteiger charge is -2.07. The zero-order chi connectivity index (χ0) is 13.5. The molecule has 5 heteroatoms. The molecule has 1 N–H and O–H groups in total. The van der Waals surface area contributed by atoms with Crippen LogP contribution in [-0.4, -0.2) is 22.1 Å². The fourth-order valence-corrected chi connectivity index (χ4v) is 4.93. The molecule has 0 spiro atoms. The lowest BCUT2D eigenvalue weighted by Crippen LogP contribution is -2.08. The van der Waals surface area contributed by atoms with Gasteiger partial charge in [0.2, 0.25) is 0 Å². The van der Waals surface area contributed by atoms with Crippen molar-refractivity contribution in [3.05, 3.63) is 24.3 Å². The average molecular weight is 298 g/mol. The molecule has 1 saturated heterocycles. The van der Waals surface area contributed by atoms with Crippen molar-refractivity contribution in [2.45, 2.75) is 37.4 Å². The summed E-state index contributed by atoms with van der Waals surface area (Å²) < 4.78 is 5.18. The molecule has 1 fully saturated rings. The zero-order valence-corrected chi connectivity index (χ0v) is 12.3. The third-order valence-corrected chi connectivity index (χ3v) is 5.96. The van der Waals surface area contributed by atoms with Crippen LogP contribution < -0.4 is 4.74 Å². The minimum atomic E-state index is -0.195. The van der Waals surface area contributed by atoms with Gasteiger partial charge in [0.05, 0.1) is 0 Å². The van der Waals surface area contributed by atoms with Crippen LogP contribution in [0.1, 0.15) is 32.1 Å². The summed E-state index contributed by atoms with van der Waals surface area (Å²) in [4.78, 5) is 11.6. The maximum absolute atomic E-state index is 11.6. The van der Waals surface area contributed by atoms with Crippen molar-refractivity contribution in [1.82, 2.24) is 0 Å². The number of benzene rings is 1. The molecule has 0 amide bonds. The molecule has 0 bridgehead atoms. The molecule has 1 aliphatic rings. The highest BCUT2D eigenvalue weighted by Gasteiger charge is 2.16. The summed E-state index contributed by atoms with van der Waals surface area (Å²) in [6, 6.07) is 6.22. The van der Waals surface area contributed by atoms with E-state index in [9.17, 15) is 4.79 Å². The minimum Gasteiger partial charge on any atom is -0.508 e. The van der Waals surface area contributed by atoms with Gasteiger partial charge >= 0.3 is 5.97 Å². The van der Waals surface area contributed by atoms with Gasteiger partial charge in [-0.25, -0.2) is 0 Å². The Kier molecular flexibility index (Phi) is 5.92. The van der Waals surface area contributed by atoms with Gasteiger partial charge in [0.15, 0.2) is 0 Å². The summed E-state index contributed by atoms with van der Waals surface area (Å²) >= 11 is 0. The molecule has 0 aliphatic carbocycles. The molecule has 104 valence electrons. The highest BCUT2D eigenvalue weighted by atomic mass is 33.1. The Morgan fingerprint density at radius 2 is 2.11 bits per heavy atom. The van der Waals surface area contributed by atoms with E-state index in [4.69, 9.17) is 9.84 Å². The average Bonchev–Trinajstić information content (AvgIpc) is 2.91. The van der Waals surface area contributed by atoms with E-state index in [0.29, 0.717) is 12.2 Å². The number of ether oxygens (including phenoxy) is 1. The van der Waals surface area contributed by atoms with Gasteiger partial charge in [0, 0.05) is 17.4 Å². The van der Waals surface area contributed by atoms with E-state index < -0.39 is 0 Å². The third kappa shape index (κ3) is 5.37. The Morgan fingerprint density at radius 1 is 1.32 bits per heavy atom.